The van der Waals surface area contributed by atoms with Gasteiger partial charge in [0.2, 0.25) is 10.0 Å². The fourth-order valence-corrected chi connectivity index (χ4v) is 4.90. The molecule has 9 heteroatoms. The van der Waals surface area contributed by atoms with Gasteiger partial charge in [0.1, 0.15) is 16.7 Å². The molecule has 0 radical (unpaired) electrons. The summed E-state index contributed by atoms with van der Waals surface area (Å²) in [5.41, 5.74) is 1.61. The Balaban J connectivity index is 1.80. The van der Waals surface area contributed by atoms with Crippen LogP contribution in [-0.2, 0) is 10.0 Å². The van der Waals surface area contributed by atoms with E-state index in [2.05, 4.69) is 11.2 Å². The number of halogens is 1. The number of hydrogen-bond acceptors (Lipinski definition) is 6. The third-order valence-corrected chi connectivity index (χ3v) is 6.60. The number of aryl methyl sites for hydroxylation is 2. The summed E-state index contributed by atoms with van der Waals surface area (Å²) in [4.78, 5) is 2.14. The normalized spacial score (nSPS) is 16.0. The molecule has 1 aromatic heterocycles. The van der Waals surface area contributed by atoms with Crippen molar-refractivity contribution in [3.05, 3.63) is 40.2 Å². The van der Waals surface area contributed by atoms with Gasteiger partial charge in [-0.2, -0.15) is 9.57 Å². The van der Waals surface area contributed by atoms with Gasteiger partial charge in [0.15, 0.2) is 5.76 Å². The van der Waals surface area contributed by atoms with Crippen LogP contribution in [0.15, 0.2) is 27.6 Å². The number of nitriles is 1. The van der Waals surface area contributed by atoms with Crippen LogP contribution in [-0.4, -0.2) is 44.1 Å². The number of nitrogens with zero attached hydrogens (tertiary/aromatic N) is 4. The maximum atomic E-state index is 12.8. The lowest BCUT2D eigenvalue weighted by atomic mass is 10.1. The molecule has 132 valence electrons. The Hall–Kier alpha value is -2.08. The van der Waals surface area contributed by atoms with Gasteiger partial charge in [0.25, 0.3) is 0 Å². The van der Waals surface area contributed by atoms with Gasteiger partial charge >= 0.3 is 0 Å². The van der Waals surface area contributed by atoms with Crippen LogP contribution in [0.25, 0.3) is 0 Å². The summed E-state index contributed by atoms with van der Waals surface area (Å²) in [5.74, 6) is 0.296. The Kier molecular flexibility index (Phi) is 4.73. The molecule has 1 saturated heterocycles. The van der Waals surface area contributed by atoms with Gasteiger partial charge in [-0.1, -0.05) is 16.8 Å². The Morgan fingerprint density at radius 2 is 1.92 bits per heavy atom. The molecular weight excluding hydrogens is 364 g/mol. The van der Waals surface area contributed by atoms with E-state index in [4.69, 9.17) is 16.1 Å². The molecule has 2 heterocycles. The summed E-state index contributed by atoms with van der Waals surface area (Å²) in [7, 11) is -3.64. The van der Waals surface area contributed by atoms with Crippen LogP contribution in [0.4, 0.5) is 5.69 Å². The summed E-state index contributed by atoms with van der Waals surface area (Å²) in [6.45, 7) is 4.82. The Bertz CT molecular complexity index is 921. The van der Waals surface area contributed by atoms with Gasteiger partial charge in [-0.25, -0.2) is 8.42 Å². The maximum absolute atomic E-state index is 12.8. The number of rotatable bonds is 3. The molecule has 1 fully saturated rings. The molecule has 0 amide bonds. The first kappa shape index (κ1) is 17.7. The van der Waals surface area contributed by atoms with Crippen molar-refractivity contribution >= 4 is 27.3 Å². The molecule has 0 bridgehead atoms. The molecule has 7 nitrogen and oxygen atoms in total. The van der Waals surface area contributed by atoms with Crippen LogP contribution in [0.1, 0.15) is 17.0 Å². The van der Waals surface area contributed by atoms with E-state index in [-0.39, 0.29) is 4.90 Å². The quantitative estimate of drug-likeness (QED) is 0.811. The van der Waals surface area contributed by atoms with Crippen molar-refractivity contribution in [3.63, 3.8) is 0 Å². The monoisotopic (exact) mass is 380 g/mol. The summed E-state index contributed by atoms with van der Waals surface area (Å²) in [5, 5.41) is 13.5. The van der Waals surface area contributed by atoms with Gasteiger partial charge in [0, 0.05) is 31.2 Å². The number of aromatic nitrogens is 1. The molecule has 0 atom stereocenters. The standard InChI is InChI=1S/C16H17ClN4O3S/c1-11-16(12(2)24-19-11)25(22,23)21-7-5-20(6-8-21)15-4-3-14(17)9-13(15)10-18/h3-4,9H,5-8H2,1-2H3. The third kappa shape index (κ3) is 3.23. The van der Waals surface area contributed by atoms with E-state index in [1.54, 1.807) is 32.0 Å². The van der Waals surface area contributed by atoms with Crippen molar-refractivity contribution in [2.24, 2.45) is 0 Å². The van der Waals surface area contributed by atoms with Gasteiger partial charge in [-0.05, 0) is 32.0 Å². The first-order valence-electron chi connectivity index (χ1n) is 7.72. The molecule has 1 aliphatic rings. The molecule has 0 unspecified atom stereocenters. The molecule has 0 spiro atoms. The second-order valence-corrected chi connectivity index (χ2v) is 8.13. The highest BCUT2D eigenvalue weighted by Gasteiger charge is 2.33. The van der Waals surface area contributed by atoms with E-state index >= 15 is 0 Å². The molecule has 0 N–H and O–H groups in total. The Morgan fingerprint density at radius 1 is 1.24 bits per heavy atom. The fraction of sp³-hybridized carbons (Fsp3) is 0.375. The number of anilines is 1. The first-order chi connectivity index (χ1) is 11.8. The average molecular weight is 381 g/mol. The fourth-order valence-electron chi connectivity index (χ4n) is 3.01. The zero-order chi connectivity index (χ0) is 18.2. The highest BCUT2D eigenvalue weighted by molar-refractivity contribution is 7.89. The largest absolute Gasteiger partial charge is 0.368 e. The summed E-state index contributed by atoms with van der Waals surface area (Å²) in [6, 6.07) is 7.27. The molecule has 25 heavy (non-hydrogen) atoms. The molecule has 0 aliphatic carbocycles. The predicted molar refractivity (Wildman–Crippen MR) is 93.1 cm³/mol. The van der Waals surface area contributed by atoms with Gasteiger partial charge in [0.05, 0.1) is 11.3 Å². The van der Waals surface area contributed by atoms with Crippen molar-refractivity contribution in [3.8, 4) is 6.07 Å². The van der Waals surface area contributed by atoms with E-state index in [1.165, 1.54) is 4.31 Å². The van der Waals surface area contributed by atoms with Crippen molar-refractivity contribution in [2.45, 2.75) is 18.7 Å². The Morgan fingerprint density at radius 3 is 2.48 bits per heavy atom. The Labute approximate surface area is 151 Å². The van der Waals surface area contributed by atoms with E-state index in [9.17, 15) is 13.7 Å². The van der Waals surface area contributed by atoms with Crippen molar-refractivity contribution in [1.29, 1.82) is 5.26 Å². The second kappa shape index (κ2) is 6.67. The minimum atomic E-state index is -3.64. The van der Waals surface area contributed by atoms with Gasteiger partial charge < -0.3 is 9.42 Å². The number of sulfonamides is 1. The van der Waals surface area contributed by atoms with Crippen molar-refractivity contribution < 1.29 is 12.9 Å². The summed E-state index contributed by atoms with van der Waals surface area (Å²) in [6.07, 6.45) is 0. The molecule has 1 aliphatic heterocycles. The summed E-state index contributed by atoms with van der Waals surface area (Å²) >= 11 is 5.93. The van der Waals surface area contributed by atoms with Crippen LogP contribution in [0.3, 0.4) is 0 Å². The predicted octanol–water partition coefficient (Wildman–Crippen LogP) is 2.33. The number of hydrogen-bond donors (Lipinski definition) is 0. The molecule has 2 aromatic rings. The molecule has 3 rings (SSSR count). The van der Waals surface area contributed by atoms with Crippen LogP contribution in [0, 0.1) is 25.2 Å². The zero-order valence-corrected chi connectivity index (χ0v) is 15.4. The smallest absolute Gasteiger partial charge is 0.248 e. The highest BCUT2D eigenvalue weighted by Crippen LogP contribution is 2.28. The zero-order valence-electron chi connectivity index (χ0n) is 13.9. The van der Waals surface area contributed by atoms with Gasteiger partial charge in [-0.3, -0.25) is 0 Å². The van der Waals surface area contributed by atoms with E-state index in [0.717, 1.165) is 5.69 Å². The van der Waals surface area contributed by atoms with E-state index < -0.39 is 10.0 Å². The SMILES string of the molecule is Cc1noc(C)c1S(=O)(=O)N1CCN(c2ccc(Cl)cc2C#N)CC1. The highest BCUT2D eigenvalue weighted by atomic mass is 35.5. The lowest BCUT2D eigenvalue weighted by Crippen LogP contribution is -2.49. The number of piperazine rings is 1. The first-order valence-corrected chi connectivity index (χ1v) is 9.54. The lowest BCUT2D eigenvalue weighted by molar-refractivity contribution is 0.378. The van der Waals surface area contributed by atoms with Crippen LogP contribution < -0.4 is 4.90 Å². The lowest BCUT2D eigenvalue weighted by Gasteiger charge is -2.35. The third-order valence-electron chi connectivity index (χ3n) is 4.22. The van der Waals surface area contributed by atoms with Gasteiger partial charge in [-0.15, -0.1) is 0 Å². The molecule has 0 saturated carbocycles. The van der Waals surface area contributed by atoms with Crippen molar-refractivity contribution in [1.82, 2.24) is 9.46 Å². The summed E-state index contributed by atoms with van der Waals surface area (Å²) < 4.78 is 32.1. The molecular formula is C16H17ClN4O3S. The molecule has 1 aromatic carbocycles. The van der Waals surface area contributed by atoms with Crippen LogP contribution in [0.5, 0.6) is 0 Å². The average Bonchev–Trinajstić information content (AvgIpc) is 2.94. The van der Waals surface area contributed by atoms with Crippen LogP contribution in [0.2, 0.25) is 5.02 Å². The minimum absolute atomic E-state index is 0.144. The van der Waals surface area contributed by atoms with Crippen molar-refractivity contribution in [2.75, 3.05) is 31.1 Å². The van der Waals surface area contributed by atoms with E-state index in [0.29, 0.717) is 48.2 Å². The minimum Gasteiger partial charge on any atom is -0.368 e. The van der Waals surface area contributed by atoms with Crippen LogP contribution >= 0.6 is 11.6 Å². The second-order valence-electron chi connectivity index (χ2n) is 5.82. The number of benzene rings is 1. The topological polar surface area (TPSA) is 90.4 Å². The maximum Gasteiger partial charge on any atom is 0.248 e. The van der Waals surface area contributed by atoms with E-state index in [1.807, 2.05) is 4.90 Å².